The highest BCUT2D eigenvalue weighted by molar-refractivity contribution is 5.78. The van der Waals surface area contributed by atoms with E-state index in [0.717, 1.165) is 45.4 Å². The Kier molecular flexibility index (Phi) is 6.29. The molecule has 138 valence electrons. The zero-order valence-corrected chi connectivity index (χ0v) is 15.8. The highest BCUT2D eigenvalue weighted by atomic mass is 16.2. The Morgan fingerprint density at radius 3 is 2.88 bits per heavy atom. The number of hydrogen-bond donors (Lipinski definition) is 0. The van der Waals surface area contributed by atoms with Crippen molar-refractivity contribution in [3.63, 3.8) is 0 Å². The summed E-state index contributed by atoms with van der Waals surface area (Å²) >= 11 is 0. The van der Waals surface area contributed by atoms with Crippen LogP contribution in [0.3, 0.4) is 0 Å². The van der Waals surface area contributed by atoms with Crippen LogP contribution in [0.5, 0.6) is 0 Å². The van der Waals surface area contributed by atoms with Crippen molar-refractivity contribution in [1.29, 1.82) is 0 Å². The summed E-state index contributed by atoms with van der Waals surface area (Å²) in [5.74, 6) is 0.286. The molecule has 0 spiro atoms. The zero-order valence-electron chi connectivity index (χ0n) is 15.8. The molecule has 3 rings (SSSR count). The van der Waals surface area contributed by atoms with Crippen molar-refractivity contribution in [1.82, 2.24) is 19.4 Å². The van der Waals surface area contributed by atoms with E-state index in [1.165, 1.54) is 24.1 Å². The van der Waals surface area contributed by atoms with Gasteiger partial charge in [-0.25, -0.2) is 4.98 Å². The maximum atomic E-state index is 12.8. The number of carbonyl (C=O) groups is 1. The number of aromatic nitrogens is 2. The van der Waals surface area contributed by atoms with Gasteiger partial charge < -0.3 is 14.4 Å². The Labute approximate surface area is 151 Å². The standard InChI is InChI=1S/C20H32N4O/c1-3-22(4-2)11-10-18-14-23(15-19-13-21-16-24(18)19)20(25)12-17-8-6-5-7-9-17/h8,13,16,18H,3-7,9-12,14-15H2,1-2H3/t18-/m1/s1. The maximum Gasteiger partial charge on any atom is 0.227 e. The van der Waals surface area contributed by atoms with Gasteiger partial charge in [-0.05, 0) is 45.2 Å². The predicted octanol–water partition coefficient (Wildman–Crippen LogP) is 3.39. The molecular formula is C20H32N4O. The minimum Gasteiger partial charge on any atom is -0.334 e. The zero-order chi connectivity index (χ0) is 17.6. The second kappa shape index (κ2) is 8.65. The van der Waals surface area contributed by atoms with Crippen molar-refractivity contribution in [3.8, 4) is 0 Å². The summed E-state index contributed by atoms with van der Waals surface area (Å²) in [4.78, 5) is 21.7. The third-order valence-electron chi connectivity index (χ3n) is 5.71. The van der Waals surface area contributed by atoms with Crippen LogP contribution in [-0.4, -0.2) is 51.4 Å². The fourth-order valence-electron chi connectivity index (χ4n) is 4.05. The number of fused-ring (bicyclic) bond motifs is 1. The lowest BCUT2D eigenvalue weighted by Crippen LogP contribution is -2.42. The Bertz CT molecular complexity index is 603. The Balaban J connectivity index is 1.64. The molecule has 5 heteroatoms. The Morgan fingerprint density at radius 2 is 2.16 bits per heavy atom. The minimum atomic E-state index is 0.286. The average molecular weight is 345 g/mol. The number of hydrogen-bond acceptors (Lipinski definition) is 3. The summed E-state index contributed by atoms with van der Waals surface area (Å²) in [6.45, 7) is 9.17. The van der Waals surface area contributed by atoms with Crippen LogP contribution in [-0.2, 0) is 11.3 Å². The topological polar surface area (TPSA) is 41.4 Å². The first-order valence-electron chi connectivity index (χ1n) is 9.90. The summed E-state index contributed by atoms with van der Waals surface area (Å²) < 4.78 is 2.28. The summed E-state index contributed by atoms with van der Waals surface area (Å²) in [5, 5.41) is 0. The fraction of sp³-hybridized carbons (Fsp3) is 0.700. The second-order valence-corrected chi connectivity index (χ2v) is 7.32. The van der Waals surface area contributed by atoms with Crippen LogP contribution in [0.1, 0.15) is 64.1 Å². The van der Waals surface area contributed by atoms with E-state index in [9.17, 15) is 4.79 Å². The molecule has 0 radical (unpaired) electrons. The number of imidazole rings is 1. The molecular weight excluding hydrogens is 312 g/mol. The van der Waals surface area contributed by atoms with Crippen LogP contribution in [0.25, 0.3) is 0 Å². The van der Waals surface area contributed by atoms with Gasteiger partial charge in [0.25, 0.3) is 0 Å². The van der Waals surface area contributed by atoms with E-state index < -0.39 is 0 Å². The van der Waals surface area contributed by atoms with Crippen LogP contribution in [0.15, 0.2) is 24.2 Å². The molecule has 0 fully saturated rings. The van der Waals surface area contributed by atoms with E-state index in [1.54, 1.807) is 0 Å². The van der Waals surface area contributed by atoms with Gasteiger partial charge in [0.2, 0.25) is 5.91 Å². The minimum absolute atomic E-state index is 0.286. The van der Waals surface area contributed by atoms with Gasteiger partial charge in [0.15, 0.2) is 0 Å². The van der Waals surface area contributed by atoms with Crippen LogP contribution < -0.4 is 0 Å². The summed E-state index contributed by atoms with van der Waals surface area (Å²) in [6.07, 6.45) is 12.6. The first kappa shape index (κ1) is 18.2. The van der Waals surface area contributed by atoms with Crippen molar-refractivity contribution < 1.29 is 4.79 Å². The lowest BCUT2D eigenvalue weighted by Gasteiger charge is -2.35. The van der Waals surface area contributed by atoms with Gasteiger partial charge in [-0.3, -0.25) is 4.79 Å². The third-order valence-corrected chi connectivity index (χ3v) is 5.71. The molecule has 2 heterocycles. The van der Waals surface area contributed by atoms with Crippen molar-refractivity contribution >= 4 is 5.91 Å². The van der Waals surface area contributed by atoms with Crippen LogP contribution in [0.2, 0.25) is 0 Å². The molecule has 1 aromatic rings. The normalized spacial score (nSPS) is 20.5. The molecule has 1 aliphatic heterocycles. The van der Waals surface area contributed by atoms with E-state index in [0.29, 0.717) is 19.0 Å². The van der Waals surface area contributed by atoms with Gasteiger partial charge in [0, 0.05) is 25.7 Å². The highest BCUT2D eigenvalue weighted by Gasteiger charge is 2.28. The van der Waals surface area contributed by atoms with E-state index >= 15 is 0 Å². The third kappa shape index (κ3) is 4.51. The monoisotopic (exact) mass is 344 g/mol. The van der Waals surface area contributed by atoms with Gasteiger partial charge in [0.05, 0.1) is 24.6 Å². The highest BCUT2D eigenvalue weighted by Crippen LogP contribution is 2.26. The molecule has 5 nitrogen and oxygen atoms in total. The van der Waals surface area contributed by atoms with E-state index in [2.05, 4.69) is 39.3 Å². The Morgan fingerprint density at radius 1 is 1.32 bits per heavy atom. The van der Waals surface area contributed by atoms with E-state index in [1.807, 2.05) is 12.5 Å². The molecule has 1 atom stereocenters. The lowest BCUT2D eigenvalue weighted by atomic mass is 9.96. The van der Waals surface area contributed by atoms with Gasteiger partial charge in [-0.15, -0.1) is 0 Å². The van der Waals surface area contributed by atoms with Crippen molar-refractivity contribution in [2.75, 3.05) is 26.2 Å². The molecule has 0 N–H and O–H groups in total. The number of allylic oxidation sites excluding steroid dienone is 1. The van der Waals surface area contributed by atoms with Crippen LogP contribution >= 0.6 is 0 Å². The molecule has 0 bridgehead atoms. The molecule has 0 aromatic carbocycles. The predicted molar refractivity (Wildman–Crippen MR) is 100 cm³/mol. The number of nitrogens with zero attached hydrogens (tertiary/aromatic N) is 4. The molecule has 2 aliphatic rings. The van der Waals surface area contributed by atoms with E-state index in [4.69, 9.17) is 0 Å². The van der Waals surface area contributed by atoms with Crippen LogP contribution in [0, 0.1) is 0 Å². The van der Waals surface area contributed by atoms with Crippen LogP contribution in [0.4, 0.5) is 0 Å². The SMILES string of the molecule is CCN(CC)CC[C@@H]1CN(C(=O)CC2=CCCCC2)Cc2cncn21. The number of carbonyl (C=O) groups excluding carboxylic acids is 1. The number of rotatable bonds is 7. The summed E-state index contributed by atoms with van der Waals surface area (Å²) in [7, 11) is 0. The molecule has 25 heavy (non-hydrogen) atoms. The first-order chi connectivity index (χ1) is 12.2. The molecule has 0 saturated heterocycles. The quantitative estimate of drug-likeness (QED) is 0.712. The summed E-state index contributed by atoms with van der Waals surface area (Å²) in [6, 6.07) is 0.344. The largest absolute Gasteiger partial charge is 0.334 e. The maximum absolute atomic E-state index is 12.8. The number of amides is 1. The fourth-order valence-corrected chi connectivity index (χ4v) is 4.05. The second-order valence-electron chi connectivity index (χ2n) is 7.32. The average Bonchev–Trinajstić information content (AvgIpc) is 3.12. The molecule has 0 unspecified atom stereocenters. The van der Waals surface area contributed by atoms with Crippen molar-refractivity contribution in [2.24, 2.45) is 0 Å². The smallest absolute Gasteiger partial charge is 0.227 e. The van der Waals surface area contributed by atoms with E-state index in [-0.39, 0.29) is 5.91 Å². The summed E-state index contributed by atoms with van der Waals surface area (Å²) in [5.41, 5.74) is 2.51. The van der Waals surface area contributed by atoms with Gasteiger partial charge >= 0.3 is 0 Å². The van der Waals surface area contributed by atoms with Gasteiger partial charge in [-0.1, -0.05) is 25.5 Å². The van der Waals surface area contributed by atoms with Crippen molar-refractivity contribution in [3.05, 3.63) is 29.9 Å². The van der Waals surface area contributed by atoms with Gasteiger partial charge in [0.1, 0.15) is 0 Å². The Hall–Kier alpha value is -1.62. The first-order valence-corrected chi connectivity index (χ1v) is 9.90. The molecule has 1 aliphatic carbocycles. The van der Waals surface area contributed by atoms with Crippen molar-refractivity contribution in [2.45, 2.75) is 65.0 Å². The van der Waals surface area contributed by atoms with Gasteiger partial charge in [-0.2, -0.15) is 0 Å². The lowest BCUT2D eigenvalue weighted by molar-refractivity contribution is -0.132. The molecule has 1 aromatic heterocycles. The molecule has 1 amide bonds. The molecule has 0 saturated carbocycles.